The predicted molar refractivity (Wildman–Crippen MR) is 112 cm³/mol. The first-order valence-corrected chi connectivity index (χ1v) is 10.6. The third-order valence-electron chi connectivity index (χ3n) is 5.04. The molecule has 0 spiro atoms. The molecule has 0 radical (unpaired) electrons. The standard InChI is InChI=1S/C20H31N5OS/c1-13(2)10-15-12-27-20-18(15)19(21-14(3)22-20)23-16-6-8-25(9-7-16)11-17(26)24(4)5/h12-13,16H,6-11H2,1-5H3,(H,21,22,23). The third kappa shape index (κ3) is 4.96. The number of amides is 1. The summed E-state index contributed by atoms with van der Waals surface area (Å²) in [7, 11) is 3.63. The zero-order valence-electron chi connectivity index (χ0n) is 17.1. The summed E-state index contributed by atoms with van der Waals surface area (Å²) in [6, 6.07) is 0.389. The molecule has 1 amide bonds. The average Bonchev–Trinajstić information content (AvgIpc) is 2.98. The first-order chi connectivity index (χ1) is 12.8. The molecule has 0 saturated carbocycles. The molecule has 0 bridgehead atoms. The smallest absolute Gasteiger partial charge is 0.236 e. The highest BCUT2D eigenvalue weighted by Gasteiger charge is 2.23. The number of fused-ring (bicyclic) bond motifs is 1. The lowest BCUT2D eigenvalue weighted by Gasteiger charge is -2.32. The van der Waals surface area contributed by atoms with E-state index in [1.807, 2.05) is 21.0 Å². The number of likely N-dealkylation sites (N-methyl/N-ethyl adjacent to an activating group) is 1. The molecule has 1 aliphatic rings. The number of hydrogen-bond donors (Lipinski definition) is 1. The van der Waals surface area contributed by atoms with E-state index in [0.717, 1.165) is 48.8 Å². The minimum atomic E-state index is 0.172. The molecule has 1 N–H and O–H groups in total. The van der Waals surface area contributed by atoms with Gasteiger partial charge in [0, 0.05) is 33.2 Å². The van der Waals surface area contributed by atoms with Crippen LogP contribution in [0.15, 0.2) is 5.38 Å². The summed E-state index contributed by atoms with van der Waals surface area (Å²) in [6.07, 6.45) is 3.09. The first kappa shape index (κ1) is 20.0. The van der Waals surface area contributed by atoms with Crippen LogP contribution >= 0.6 is 11.3 Å². The summed E-state index contributed by atoms with van der Waals surface area (Å²) in [5.74, 6) is 2.58. The first-order valence-electron chi connectivity index (χ1n) is 9.77. The van der Waals surface area contributed by atoms with Crippen LogP contribution in [0.4, 0.5) is 5.82 Å². The number of likely N-dealkylation sites (tertiary alicyclic amines) is 1. The molecule has 0 aliphatic carbocycles. The van der Waals surface area contributed by atoms with Gasteiger partial charge in [-0.05, 0) is 43.0 Å². The predicted octanol–water partition coefficient (Wildman–Crippen LogP) is 3.16. The molecule has 3 rings (SSSR count). The second-order valence-electron chi connectivity index (χ2n) is 8.14. The molecule has 2 aromatic heterocycles. The molecule has 3 heterocycles. The van der Waals surface area contributed by atoms with Crippen LogP contribution in [0, 0.1) is 12.8 Å². The Balaban J connectivity index is 1.70. The van der Waals surface area contributed by atoms with Crippen molar-refractivity contribution in [1.82, 2.24) is 19.8 Å². The number of anilines is 1. The Morgan fingerprint density at radius 2 is 2.04 bits per heavy atom. The largest absolute Gasteiger partial charge is 0.367 e. The van der Waals surface area contributed by atoms with E-state index >= 15 is 0 Å². The Labute approximate surface area is 166 Å². The van der Waals surface area contributed by atoms with Gasteiger partial charge in [0.25, 0.3) is 0 Å². The molecule has 7 heteroatoms. The number of aryl methyl sites for hydroxylation is 1. The Kier molecular flexibility index (Phi) is 6.32. The van der Waals surface area contributed by atoms with E-state index in [1.165, 1.54) is 10.9 Å². The summed E-state index contributed by atoms with van der Waals surface area (Å²) in [4.78, 5) is 26.3. The molecule has 2 aromatic rings. The van der Waals surface area contributed by atoms with Crippen molar-refractivity contribution < 1.29 is 4.79 Å². The lowest BCUT2D eigenvalue weighted by Crippen LogP contribution is -2.44. The van der Waals surface area contributed by atoms with Crippen LogP contribution < -0.4 is 5.32 Å². The molecule has 0 aromatic carbocycles. The molecular weight excluding hydrogens is 358 g/mol. The highest BCUT2D eigenvalue weighted by Crippen LogP contribution is 2.32. The molecule has 0 atom stereocenters. The zero-order chi connectivity index (χ0) is 19.6. The maximum Gasteiger partial charge on any atom is 0.236 e. The van der Waals surface area contributed by atoms with E-state index < -0.39 is 0 Å². The van der Waals surface area contributed by atoms with E-state index in [-0.39, 0.29) is 5.91 Å². The van der Waals surface area contributed by atoms with Crippen LogP contribution in [0.5, 0.6) is 0 Å². The van der Waals surface area contributed by atoms with E-state index in [9.17, 15) is 4.79 Å². The summed E-state index contributed by atoms with van der Waals surface area (Å²) < 4.78 is 0. The van der Waals surface area contributed by atoms with Crippen molar-refractivity contribution >= 4 is 33.3 Å². The average molecular weight is 390 g/mol. The summed E-state index contributed by atoms with van der Waals surface area (Å²) in [5.41, 5.74) is 1.35. The van der Waals surface area contributed by atoms with E-state index in [2.05, 4.69) is 34.4 Å². The summed E-state index contributed by atoms with van der Waals surface area (Å²) >= 11 is 1.71. The maximum atomic E-state index is 11.9. The number of carbonyl (C=O) groups excluding carboxylic acids is 1. The number of rotatable bonds is 6. The van der Waals surface area contributed by atoms with Gasteiger partial charge in [-0.15, -0.1) is 11.3 Å². The number of hydrogen-bond acceptors (Lipinski definition) is 6. The number of thiophene rings is 1. The van der Waals surface area contributed by atoms with Crippen molar-refractivity contribution in [2.75, 3.05) is 39.0 Å². The Bertz CT molecular complexity index is 793. The molecule has 1 aliphatic heterocycles. The van der Waals surface area contributed by atoms with Crippen LogP contribution in [0.2, 0.25) is 0 Å². The van der Waals surface area contributed by atoms with Crippen LogP contribution in [-0.4, -0.2) is 65.4 Å². The van der Waals surface area contributed by atoms with Crippen molar-refractivity contribution in [2.24, 2.45) is 5.92 Å². The normalized spacial score (nSPS) is 16.2. The highest BCUT2D eigenvalue weighted by atomic mass is 32.1. The van der Waals surface area contributed by atoms with Gasteiger partial charge in [0.1, 0.15) is 16.5 Å². The van der Waals surface area contributed by atoms with Gasteiger partial charge in [-0.1, -0.05) is 13.8 Å². The topological polar surface area (TPSA) is 61.4 Å². The van der Waals surface area contributed by atoms with Gasteiger partial charge in [0.2, 0.25) is 5.91 Å². The number of piperidine rings is 1. The fraction of sp³-hybridized carbons (Fsp3) is 0.650. The minimum absolute atomic E-state index is 0.172. The second kappa shape index (κ2) is 8.52. The maximum absolute atomic E-state index is 11.9. The molecule has 1 saturated heterocycles. The quantitative estimate of drug-likeness (QED) is 0.822. The zero-order valence-corrected chi connectivity index (χ0v) is 17.9. The minimum Gasteiger partial charge on any atom is -0.367 e. The van der Waals surface area contributed by atoms with Crippen molar-refractivity contribution in [3.05, 3.63) is 16.8 Å². The van der Waals surface area contributed by atoms with E-state index in [0.29, 0.717) is 18.5 Å². The Hall–Kier alpha value is -1.73. The summed E-state index contributed by atoms with van der Waals surface area (Å²) in [6.45, 7) is 8.84. The molecule has 148 valence electrons. The molecular formula is C20H31N5OS. The van der Waals surface area contributed by atoms with Crippen LogP contribution in [0.25, 0.3) is 10.2 Å². The Morgan fingerprint density at radius 3 is 2.67 bits per heavy atom. The fourth-order valence-electron chi connectivity index (χ4n) is 3.56. The monoisotopic (exact) mass is 389 g/mol. The van der Waals surface area contributed by atoms with E-state index in [1.54, 1.807) is 16.2 Å². The van der Waals surface area contributed by atoms with Gasteiger partial charge in [-0.2, -0.15) is 0 Å². The number of nitrogens with zero attached hydrogens (tertiary/aromatic N) is 4. The third-order valence-corrected chi connectivity index (χ3v) is 5.96. The molecule has 0 unspecified atom stereocenters. The van der Waals surface area contributed by atoms with Crippen molar-refractivity contribution in [3.8, 4) is 0 Å². The molecule has 27 heavy (non-hydrogen) atoms. The van der Waals surface area contributed by atoms with Gasteiger partial charge in [0.05, 0.1) is 11.9 Å². The SMILES string of the molecule is Cc1nc(NC2CCN(CC(=O)N(C)C)CC2)c2c(CC(C)C)csc2n1. The van der Waals surface area contributed by atoms with Gasteiger partial charge in [-0.3, -0.25) is 9.69 Å². The number of aromatic nitrogens is 2. The Morgan fingerprint density at radius 1 is 1.33 bits per heavy atom. The summed E-state index contributed by atoms with van der Waals surface area (Å²) in [5, 5.41) is 7.13. The highest BCUT2D eigenvalue weighted by molar-refractivity contribution is 7.17. The van der Waals surface area contributed by atoms with E-state index in [4.69, 9.17) is 4.98 Å². The van der Waals surface area contributed by atoms with Crippen molar-refractivity contribution in [2.45, 2.75) is 46.1 Å². The fourth-order valence-corrected chi connectivity index (χ4v) is 4.56. The number of carbonyl (C=O) groups is 1. The van der Waals surface area contributed by atoms with Gasteiger partial charge >= 0.3 is 0 Å². The molecule has 1 fully saturated rings. The number of nitrogens with one attached hydrogen (secondary N) is 1. The van der Waals surface area contributed by atoms with Crippen LogP contribution in [0.1, 0.15) is 38.1 Å². The van der Waals surface area contributed by atoms with Crippen LogP contribution in [-0.2, 0) is 11.2 Å². The van der Waals surface area contributed by atoms with Gasteiger partial charge in [0.15, 0.2) is 0 Å². The second-order valence-corrected chi connectivity index (χ2v) is 9.00. The molecule has 6 nitrogen and oxygen atoms in total. The lowest BCUT2D eigenvalue weighted by atomic mass is 10.0. The lowest BCUT2D eigenvalue weighted by molar-refractivity contribution is -0.130. The van der Waals surface area contributed by atoms with Crippen molar-refractivity contribution in [1.29, 1.82) is 0 Å². The van der Waals surface area contributed by atoms with Crippen molar-refractivity contribution in [3.63, 3.8) is 0 Å². The van der Waals surface area contributed by atoms with Crippen LogP contribution in [0.3, 0.4) is 0 Å². The van der Waals surface area contributed by atoms with Gasteiger partial charge < -0.3 is 10.2 Å². The van der Waals surface area contributed by atoms with Gasteiger partial charge in [-0.25, -0.2) is 9.97 Å².